The highest BCUT2D eigenvalue weighted by atomic mass is 32.1. The Morgan fingerprint density at radius 1 is 1.00 bits per heavy atom. The Kier molecular flexibility index (Phi) is 3.69. The molecule has 0 aliphatic heterocycles. The van der Waals surface area contributed by atoms with E-state index >= 15 is 0 Å². The molecule has 1 aromatic heterocycles. The zero-order valence-electron chi connectivity index (χ0n) is 10.3. The van der Waals surface area contributed by atoms with Gasteiger partial charge in [0.15, 0.2) is 11.5 Å². The summed E-state index contributed by atoms with van der Waals surface area (Å²) in [6.45, 7) is 2.17. The molecule has 0 saturated carbocycles. The number of hydrogen-bond donors (Lipinski definition) is 0. The topological polar surface area (TPSA) is 18.5 Å². The quantitative estimate of drug-likeness (QED) is 0.814. The predicted molar refractivity (Wildman–Crippen MR) is 72.2 cm³/mol. The van der Waals surface area contributed by atoms with Crippen LogP contribution in [0.1, 0.15) is 11.8 Å². The highest BCUT2D eigenvalue weighted by molar-refractivity contribution is 7.15. The maximum absolute atomic E-state index is 5.31. The van der Waals surface area contributed by atoms with Crippen LogP contribution in [-0.4, -0.2) is 14.2 Å². The Bertz CT molecular complexity index is 503. The van der Waals surface area contributed by atoms with Gasteiger partial charge >= 0.3 is 0 Å². The van der Waals surface area contributed by atoms with Crippen molar-refractivity contribution in [1.82, 2.24) is 0 Å². The molecule has 0 N–H and O–H groups in total. The van der Waals surface area contributed by atoms with Crippen LogP contribution in [0.15, 0.2) is 30.3 Å². The fourth-order valence-electron chi connectivity index (χ4n) is 1.71. The van der Waals surface area contributed by atoms with E-state index in [9.17, 15) is 0 Å². The lowest BCUT2D eigenvalue weighted by Crippen LogP contribution is -1.90. The summed E-state index contributed by atoms with van der Waals surface area (Å²) < 4.78 is 10.5. The highest BCUT2D eigenvalue weighted by Gasteiger charge is 2.07. The first-order valence-electron chi connectivity index (χ1n) is 5.59. The number of hydrogen-bond acceptors (Lipinski definition) is 3. The van der Waals surface area contributed by atoms with Gasteiger partial charge in [0.05, 0.1) is 14.2 Å². The van der Waals surface area contributed by atoms with Crippen LogP contribution in [0.5, 0.6) is 11.5 Å². The lowest BCUT2D eigenvalue weighted by molar-refractivity contribution is 0.355. The Labute approximate surface area is 106 Å². The van der Waals surface area contributed by atoms with Crippen molar-refractivity contribution in [3.63, 3.8) is 0 Å². The lowest BCUT2D eigenvalue weighted by atomic mass is 10.1. The molecule has 2 nitrogen and oxygen atoms in total. The molecule has 0 aliphatic carbocycles. The summed E-state index contributed by atoms with van der Waals surface area (Å²) in [6, 6.07) is 10.4. The normalized spacial score (nSPS) is 10.3. The van der Waals surface area contributed by atoms with E-state index < -0.39 is 0 Å². The Balaban J connectivity index is 2.38. The molecule has 0 fully saturated rings. The second-order valence-electron chi connectivity index (χ2n) is 3.69. The average molecular weight is 248 g/mol. The number of ether oxygens (including phenoxy) is 2. The first-order valence-corrected chi connectivity index (χ1v) is 6.41. The minimum Gasteiger partial charge on any atom is -0.493 e. The van der Waals surface area contributed by atoms with Crippen LogP contribution < -0.4 is 9.47 Å². The molecule has 90 valence electrons. The summed E-state index contributed by atoms with van der Waals surface area (Å²) in [4.78, 5) is 2.66. The van der Waals surface area contributed by atoms with E-state index in [1.54, 1.807) is 14.2 Å². The van der Waals surface area contributed by atoms with Gasteiger partial charge in [0.25, 0.3) is 0 Å². The van der Waals surface area contributed by atoms with E-state index in [0.717, 1.165) is 17.9 Å². The number of rotatable bonds is 4. The van der Waals surface area contributed by atoms with Gasteiger partial charge in [-0.2, -0.15) is 0 Å². The molecule has 0 radical (unpaired) electrons. The molecule has 2 aromatic rings. The summed E-state index contributed by atoms with van der Waals surface area (Å²) >= 11 is 1.82. The predicted octanol–water partition coefficient (Wildman–Crippen LogP) is 3.99. The minimum absolute atomic E-state index is 0.767. The van der Waals surface area contributed by atoms with Crippen molar-refractivity contribution in [3.8, 4) is 21.9 Å². The van der Waals surface area contributed by atoms with E-state index in [-0.39, 0.29) is 0 Å². The molecule has 0 unspecified atom stereocenters. The maximum atomic E-state index is 5.31. The van der Waals surface area contributed by atoms with Crippen molar-refractivity contribution < 1.29 is 9.47 Å². The van der Waals surface area contributed by atoms with E-state index in [1.165, 1.54) is 15.3 Å². The second-order valence-corrected chi connectivity index (χ2v) is 4.86. The molecule has 0 aliphatic rings. The summed E-state index contributed by atoms with van der Waals surface area (Å²) in [5.41, 5.74) is 1.17. The zero-order valence-corrected chi connectivity index (χ0v) is 11.1. The molecular formula is C14H16O2S. The SMILES string of the molecule is CCc1ccc(-c2ccc(OC)c(OC)c2)s1. The molecule has 0 saturated heterocycles. The highest BCUT2D eigenvalue weighted by Crippen LogP contribution is 2.35. The van der Waals surface area contributed by atoms with Crippen molar-refractivity contribution in [2.45, 2.75) is 13.3 Å². The number of thiophene rings is 1. The van der Waals surface area contributed by atoms with E-state index in [0.29, 0.717) is 0 Å². The largest absolute Gasteiger partial charge is 0.493 e. The zero-order chi connectivity index (χ0) is 12.3. The standard InChI is InChI=1S/C14H16O2S/c1-4-11-6-8-14(17-11)10-5-7-12(15-2)13(9-10)16-3/h5-9H,4H2,1-3H3. The molecule has 0 bridgehead atoms. The van der Waals surface area contributed by atoms with Crippen LogP contribution in [0.25, 0.3) is 10.4 Å². The van der Waals surface area contributed by atoms with Crippen LogP contribution in [0.3, 0.4) is 0 Å². The maximum Gasteiger partial charge on any atom is 0.161 e. The third-order valence-electron chi connectivity index (χ3n) is 2.68. The van der Waals surface area contributed by atoms with E-state index in [1.807, 2.05) is 23.5 Å². The van der Waals surface area contributed by atoms with Gasteiger partial charge < -0.3 is 9.47 Å². The molecule has 0 amide bonds. The van der Waals surface area contributed by atoms with E-state index in [2.05, 4.69) is 25.1 Å². The number of aryl methyl sites for hydroxylation is 1. The van der Waals surface area contributed by atoms with Crippen LogP contribution in [-0.2, 0) is 6.42 Å². The Hall–Kier alpha value is -1.48. The van der Waals surface area contributed by atoms with Crippen LogP contribution in [0.2, 0.25) is 0 Å². The van der Waals surface area contributed by atoms with Gasteiger partial charge in [0.2, 0.25) is 0 Å². The van der Waals surface area contributed by atoms with Crippen molar-refractivity contribution in [1.29, 1.82) is 0 Å². The molecule has 1 heterocycles. The van der Waals surface area contributed by atoms with Crippen LogP contribution in [0.4, 0.5) is 0 Å². The van der Waals surface area contributed by atoms with Crippen molar-refractivity contribution in [3.05, 3.63) is 35.2 Å². The van der Waals surface area contributed by atoms with E-state index in [4.69, 9.17) is 9.47 Å². The van der Waals surface area contributed by atoms with Gasteiger partial charge in [0.1, 0.15) is 0 Å². The summed E-state index contributed by atoms with van der Waals surface area (Å²) in [5, 5.41) is 0. The van der Waals surface area contributed by atoms with Gasteiger partial charge in [-0.1, -0.05) is 6.92 Å². The molecule has 17 heavy (non-hydrogen) atoms. The molecular weight excluding hydrogens is 232 g/mol. The summed E-state index contributed by atoms with van der Waals surface area (Å²) in [5.74, 6) is 1.54. The van der Waals surface area contributed by atoms with Crippen molar-refractivity contribution >= 4 is 11.3 Å². The average Bonchev–Trinajstić information content (AvgIpc) is 2.86. The number of methoxy groups -OCH3 is 2. The fourth-order valence-corrected chi connectivity index (χ4v) is 2.66. The first kappa shape index (κ1) is 12.0. The second kappa shape index (κ2) is 5.23. The van der Waals surface area contributed by atoms with Gasteiger partial charge in [-0.15, -0.1) is 11.3 Å². The van der Waals surface area contributed by atoms with Crippen LogP contribution >= 0.6 is 11.3 Å². The summed E-state index contributed by atoms with van der Waals surface area (Å²) in [7, 11) is 3.31. The Morgan fingerprint density at radius 2 is 1.76 bits per heavy atom. The third kappa shape index (κ3) is 2.44. The Morgan fingerprint density at radius 3 is 2.35 bits per heavy atom. The van der Waals surface area contributed by atoms with Gasteiger partial charge in [-0.25, -0.2) is 0 Å². The lowest BCUT2D eigenvalue weighted by Gasteiger charge is -2.08. The number of benzene rings is 1. The summed E-state index contributed by atoms with van der Waals surface area (Å²) in [6.07, 6.45) is 1.08. The molecule has 2 rings (SSSR count). The van der Waals surface area contributed by atoms with Gasteiger partial charge in [-0.05, 0) is 42.3 Å². The minimum atomic E-state index is 0.767. The third-order valence-corrected chi connectivity index (χ3v) is 3.96. The molecule has 3 heteroatoms. The molecule has 0 atom stereocenters. The van der Waals surface area contributed by atoms with Gasteiger partial charge in [-0.3, -0.25) is 0 Å². The molecule has 1 aromatic carbocycles. The smallest absolute Gasteiger partial charge is 0.161 e. The monoisotopic (exact) mass is 248 g/mol. The van der Waals surface area contributed by atoms with Crippen molar-refractivity contribution in [2.75, 3.05) is 14.2 Å². The first-order chi connectivity index (χ1) is 8.28. The van der Waals surface area contributed by atoms with Gasteiger partial charge in [0, 0.05) is 9.75 Å². The fraction of sp³-hybridized carbons (Fsp3) is 0.286. The van der Waals surface area contributed by atoms with Crippen LogP contribution in [0, 0.1) is 0 Å². The molecule has 0 spiro atoms. The van der Waals surface area contributed by atoms with Crippen molar-refractivity contribution in [2.24, 2.45) is 0 Å².